The maximum atomic E-state index is 12.2. The molecule has 11 heteroatoms. The molecule has 0 aliphatic carbocycles. The van der Waals surface area contributed by atoms with Gasteiger partial charge in [0.25, 0.3) is 0 Å². The summed E-state index contributed by atoms with van der Waals surface area (Å²) in [5.41, 5.74) is 0.877. The third kappa shape index (κ3) is 6.97. The van der Waals surface area contributed by atoms with Crippen LogP contribution < -0.4 is 10.1 Å². The summed E-state index contributed by atoms with van der Waals surface area (Å²) in [5, 5.41) is 18.3. The smallest absolute Gasteiger partial charge is 0.414 e. The number of ether oxygens (including phenoxy) is 1. The van der Waals surface area contributed by atoms with Crippen molar-refractivity contribution in [3.05, 3.63) is 18.2 Å². The predicted molar refractivity (Wildman–Crippen MR) is 109 cm³/mol. The molecule has 1 aromatic heterocycles. The summed E-state index contributed by atoms with van der Waals surface area (Å²) < 4.78 is 6.22. The number of aliphatic carboxylic acids is 2. The van der Waals surface area contributed by atoms with Gasteiger partial charge in [-0.05, 0) is 24.7 Å². The fourth-order valence-corrected chi connectivity index (χ4v) is 3.62. The molecule has 0 bridgehead atoms. The molecule has 1 saturated heterocycles. The lowest BCUT2D eigenvalue weighted by atomic mass is 10.3. The number of carboxylic acid groups (broad SMARTS) is 2. The Bertz CT molecular complexity index is 851. The second-order valence-electron chi connectivity index (χ2n) is 6.22. The third-order valence-electron chi connectivity index (χ3n) is 4.30. The normalized spacial score (nSPS) is 14.7. The number of aromatic nitrogens is 1. The van der Waals surface area contributed by atoms with E-state index in [0.29, 0.717) is 11.7 Å². The highest BCUT2D eigenvalue weighted by Gasteiger charge is 2.18. The maximum absolute atomic E-state index is 12.2. The number of hydrogen-bond acceptors (Lipinski definition) is 8. The number of nitrogens with zero attached hydrogens (tertiary/aromatic N) is 3. The van der Waals surface area contributed by atoms with Crippen LogP contribution in [0.15, 0.2) is 18.2 Å². The Labute approximate surface area is 171 Å². The van der Waals surface area contributed by atoms with Crippen LogP contribution in [0, 0.1) is 0 Å². The largest absolute Gasteiger partial charge is 0.497 e. The first-order valence-corrected chi connectivity index (χ1v) is 9.79. The Morgan fingerprint density at radius 1 is 1.14 bits per heavy atom. The van der Waals surface area contributed by atoms with Gasteiger partial charge < -0.3 is 25.2 Å². The quantitative estimate of drug-likeness (QED) is 0.602. The number of benzene rings is 1. The van der Waals surface area contributed by atoms with E-state index in [1.165, 1.54) is 11.3 Å². The number of carbonyl (C=O) groups is 3. The first-order valence-electron chi connectivity index (χ1n) is 8.97. The molecule has 0 saturated carbocycles. The average Bonchev–Trinajstić information content (AvgIpc) is 3.09. The van der Waals surface area contributed by atoms with Gasteiger partial charge in [0.1, 0.15) is 5.75 Å². The Balaban J connectivity index is 0.000000438. The molecule has 10 nitrogen and oxygen atoms in total. The number of hydrogen-bond donors (Lipinski definition) is 3. The number of thiazole rings is 1. The predicted octanol–water partition coefficient (Wildman–Crippen LogP) is 1.04. The van der Waals surface area contributed by atoms with E-state index in [1.54, 1.807) is 7.11 Å². The van der Waals surface area contributed by atoms with Crippen molar-refractivity contribution in [1.82, 2.24) is 14.8 Å². The first-order chi connectivity index (χ1) is 13.8. The molecule has 158 valence electrons. The molecule has 3 rings (SSSR count). The molecule has 1 amide bonds. The topological polar surface area (TPSA) is 132 Å². The number of carbonyl (C=O) groups excluding carboxylic acids is 1. The van der Waals surface area contributed by atoms with Gasteiger partial charge in [-0.15, -0.1) is 0 Å². The summed E-state index contributed by atoms with van der Waals surface area (Å²) in [6.45, 7) is 7.63. The summed E-state index contributed by atoms with van der Waals surface area (Å²) in [5.74, 6) is -2.85. The molecule has 0 spiro atoms. The van der Waals surface area contributed by atoms with Gasteiger partial charge >= 0.3 is 11.9 Å². The van der Waals surface area contributed by atoms with Crippen molar-refractivity contribution < 1.29 is 29.3 Å². The van der Waals surface area contributed by atoms with Crippen LogP contribution in [0.4, 0.5) is 5.13 Å². The molecular formula is C18H24N4O6S. The maximum Gasteiger partial charge on any atom is 0.414 e. The van der Waals surface area contributed by atoms with E-state index in [1.807, 2.05) is 18.2 Å². The lowest BCUT2D eigenvalue weighted by Crippen LogP contribution is -2.48. The van der Waals surface area contributed by atoms with Crippen molar-refractivity contribution in [2.24, 2.45) is 0 Å². The fourth-order valence-electron chi connectivity index (χ4n) is 2.71. The monoisotopic (exact) mass is 424 g/mol. The van der Waals surface area contributed by atoms with Gasteiger partial charge in [0.15, 0.2) is 5.13 Å². The molecule has 1 aliphatic rings. The average molecular weight is 424 g/mol. The van der Waals surface area contributed by atoms with E-state index in [4.69, 9.17) is 24.5 Å². The molecular weight excluding hydrogens is 400 g/mol. The minimum atomic E-state index is -1.82. The highest BCUT2D eigenvalue weighted by molar-refractivity contribution is 7.22. The number of likely N-dealkylation sites (N-methyl/N-ethyl adjacent to an activating group) is 1. The van der Waals surface area contributed by atoms with E-state index in [-0.39, 0.29) is 5.91 Å². The van der Waals surface area contributed by atoms with Crippen LogP contribution in [-0.2, 0) is 14.4 Å². The van der Waals surface area contributed by atoms with Gasteiger partial charge in [-0.25, -0.2) is 14.6 Å². The number of carboxylic acids is 2. The summed E-state index contributed by atoms with van der Waals surface area (Å²) in [6, 6.07) is 5.72. The van der Waals surface area contributed by atoms with Crippen LogP contribution in [-0.4, -0.2) is 89.2 Å². The van der Waals surface area contributed by atoms with Gasteiger partial charge in [-0.2, -0.15) is 0 Å². The summed E-state index contributed by atoms with van der Waals surface area (Å²) in [4.78, 5) is 39.4. The zero-order chi connectivity index (χ0) is 21.4. The molecule has 3 N–H and O–H groups in total. The van der Waals surface area contributed by atoms with Gasteiger partial charge in [0, 0.05) is 26.2 Å². The molecule has 0 radical (unpaired) electrons. The Morgan fingerprint density at radius 3 is 2.31 bits per heavy atom. The number of nitrogens with one attached hydrogen (secondary N) is 1. The third-order valence-corrected chi connectivity index (χ3v) is 5.24. The van der Waals surface area contributed by atoms with Crippen molar-refractivity contribution in [3.8, 4) is 5.75 Å². The number of methoxy groups -OCH3 is 1. The summed E-state index contributed by atoms with van der Waals surface area (Å²) in [6.07, 6.45) is 0. The van der Waals surface area contributed by atoms with Gasteiger partial charge in [0.2, 0.25) is 5.91 Å². The van der Waals surface area contributed by atoms with Crippen molar-refractivity contribution in [2.75, 3.05) is 51.7 Å². The summed E-state index contributed by atoms with van der Waals surface area (Å²) in [7, 11) is 1.64. The second-order valence-corrected chi connectivity index (χ2v) is 7.25. The summed E-state index contributed by atoms with van der Waals surface area (Å²) >= 11 is 1.47. The lowest BCUT2D eigenvalue weighted by molar-refractivity contribution is -0.159. The minimum Gasteiger partial charge on any atom is -0.497 e. The molecule has 2 heterocycles. The van der Waals surface area contributed by atoms with E-state index in [0.717, 1.165) is 48.7 Å². The number of fused-ring (bicyclic) bond motifs is 1. The van der Waals surface area contributed by atoms with E-state index in [9.17, 15) is 4.79 Å². The number of anilines is 1. The van der Waals surface area contributed by atoms with Crippen LogP contribution in [0.25, 0.3) is 10.2 Å². The van der Waals surface area contributed by atoms with Crippen molar-refractivity contribution in [2.45, 2.75) is 6.92 Å². The van der Waals surface area contributed by atoms with Crippen LogP contribution in [0.1, 0.15) is 6.92 Å². The first kappa shape index (κ1) is 22.5. The fraction of sp³-hybridized carbons (Fsp3) is 0.444. The second kappa shape index (κ2) is 10.7. The molecule has 2 aromatic rings. The standard InChI is InChI=1S/C16H22N4O2S.C2H2O4/c1-3-19-6-8-20(9-7-19)11-15(21)18-16-17-13-5-4-12(22-2)10-14(13)23-16;3-1(4)2(5)6/h4-5,10H,3,6-9,11H2,1-2H3,(H,17,18,21);(H,3,4)(H,5,6). The lowest BCUT2D eigenvalue weighted by Gasteiger charge is -2.33. The molecule has 0 atom stereocenters. The van der Waals surface area contributed by atoms with Gasteiger partial charge in [-0.1, -0.05) is 18.3 Å². The molecule has 1 aliphatic heterocycles. The van der Waals surface area contributed by atoms with E-state index in [2.05, 4.69) is 27.0 Å². The van der Waals surface area contributed by atoms with Crippen LogP contribution in [0.3, 0.4) is 0 Å². The highest BCUT2D eigenvalue weighted by Crippen LogP contribution is 2.29. The number of rotatable bonds is 5. The molecule has 0 unspecified atom stereocenters. The molecule has 1 aromatic carbocycles. The zero-order valence-electron chi connectivity index (χ0n) is 16.3. The Morgan fingerprint density at radius 2 is 1.76 bits per heavy atom. The van der Waals surface area contributed by atoms with Crippen LogP contribution in [0.5, 0.6) is 5.75 Å². The van der Waals surface area contributed by atoms with E-state index >= 15 is 0 Å². The van der Waals surface area contributed by atoms with Crippen molar-refractivity contribution in [1.29, 1.82) is 0 Å². The SMILES string of the molecule is CCN1CCN(CC(=O)Nc2nc3ccc(OC)cc3s2)CC1.O=C(O)C(=O)O. The zero-order valence-corrected chi connectivity index (χ0v) is 17.1. The van der Waals surface area contributed by atoms with Crippen LogP contribution >= 0.6 is 11.3 Å². The number of amides is 1. The molecule has 1 fully saturated rings. The van der Waals surface area contributed by atoms with E-state index < -0.39 is 11.9 Å². The van der Waals surface area contributed by atoms with Crippen molar-refractivity contribution in [3.63, 3.8) is 0 Å². The van der Waals surface area contributed by atoms with Crippen LogP contribution in [0.2, 0.25) is 0 Å². The molecule has 29 heavy (non-hydrogen) atoms. The number of piperazine rings is 1. The van der Waals surface area contributed by atoms with Gasteiger partial charge in [0.05, 0.1) is 23.9 Å². The Kier molecular flexibility index (Phi) is 8.31. The van der Waals surface area contributed by atoms with Gasteiger partial charge in [-0.3, -0.25) is 9.69 Å². The Hall–Kier alpha value is -2.76. The highest BCUT2D eigenvalue weighted by atomic mass is 32.1. The minimum absolute atomic E-state index is 0.000898. The van der Waals surface area contributed by atoms with Crippen molar-refractivity contribution >= 4 is 44.5 Å².